The summed E-state index contributed by atoms with van der Waals surface area (Å²) in [5, 5.41) is 13.7. The number of nitro groups is 1. The molecule has 2 rings (SSSR count). The minimum Gasteiger partial charge on any atom is -0.482 e. The smallest absolute Gasteiger partial charge is 0.271 e. The van der Waals surface area contributed by atoms with E-state index in [1.165, 1.54) is 18.2 Å². The Labute approximate surface area is 150 Å². The number of aryl methyl sites for hydroxylation is 1. The molecule has 0 radical (unpaired) electrons. The van der Waals surface area contributed by atoms with E-state index in [0.717, 1.165) is 17.5 Å². The van der Waals surface area contributed by atoms with Crippen molar-refractivity contribution in [3.05, 3.63) is 68.7 Å². The lowest BCUT2D eigenvalue weighted by Gasteiger charge is -2.18. The first-order valence-corrected chi connectivity index (χ1v) is 8.21. The molecule has 25 heavy (non-hydrogen) atoms. The maximum absolute atomic E-state index is 12.1. The van der Waals surface area contributed by atoms with Gasteiger partial charge in [-0.15, -0.1) is 0 Å². The van der Waals surface area contributed by atoms with E-state index in [1.807, 2.05) is 38.1 Å². The summed E-state index contributed by atoms with van der Waals surface area (Å²) in [6.45, 7) is 3.77. The number of nitrogens with one attached hydrogen (secondary N) is 1. The first-order chi connectivity index (χ1) is 11.9. The summed E-state index contributed by atoms with van der Waals surface area (Å²) in [5.41, 5.74) is 2.04. The van der Waals surface area contributed by atoms with Gasteiger partial charge < -0.3 is 10.1 Å². The van der Waals surface area contributed by atoms with Gasteiger partial charge in [0.25, 0.3) is 11.6 Å². The van der Waals surface area contributed by atoms with Crippen LogP contribution in [0.3, 0.4) is 0 Å². The average Bonchev–Trinajstić information content (AvgIpc) is 2.59. The molecule has 7 heteroatoms. The molecule has 1 atom stereocenters. The van der Waals surface area contributed by atoms with Crippen LogP contribution in [0.25, 0.3) is 0 Å². The molecule has 1 amide bonds. The number of carbonyl (C=O) groups is 1. The topological polar surface area (TPSA) is 81.5 Å². The molecule has 0 bridgehead atoms. The summed E-state index contributed by atoms with van der Waals surface area (Å²) in [5.74, 6) is -0.0624. The van der Waals surface area contributed by atoms with Gasteiger partial charge in [0.2, 0.25) is 0 Å². The van der Waals surface area contributed by atoms with E-state index >= 15 is 0 Å². The summed E-state index contributed by atoms with van der Waals surface area (Å²) >= 11 is 5.94. The maximum Gasteiger partial charge on any atom is 0.271 e. The number of hydrogen-bond donors (Lipinski definition) is 1. The third-order valence-corrected chi connectivity index (χ3v) is 4.00. The molecular formula is C18H19ClN2O4. The number of hydrogen-bond acceptors (Lipinski definition) is 4. The quantitative estimate of drug-likeness (QED) is 0.591. The first-order valence-electron chi connectivity index (χ1n) is 7.83. The van der Waals surface area contributed by atoms with E-state index in [1.54, 1.807) is 0 Å². The molecule has 0 aromatic heterocycles. The Morgan fingerprint density at radius 1 is 1.28 bits per heavy atom. The SMILES string of the molecule is CC[C@@H](NC(=O)COc1ccc([N+](=O)[O-])cc1Cl)c1ccc(C)cc1. The average molecular weight is 363 g/mol. The molecule has 0 aliphatic heterocycles. The standard InChI is InChI=1S/C18H19ClN2O4/c1-3-16(13-6-4-12(2)5-7-13)20-18(22)11-25-17-9-8-14(21(23)24)10-15(17)19/h4-10,16H,3,11H2,1-2H3,(H,20,22)/t16-/m1/s1. The van der Waals surface area contributed by atoms with E-state index in [4.69, 9.17) is 16.3 Å². The van der Waals surface area contributed by atoms with Gasteiger partial charge in [-0.3, -0.25) is 14.9 Å². The van der Waals surface area contributed by atoms with Gasteiger partial charge in [0.1, 0.15) is 5.75 Å². The fourth-order valence-corrected chi connectivity index (χ4v) is 2.55. The summed E-state index contributed by atoms with van der Waals surface area (Å²) in [6.07, 6.45) is 0.743. The van der Waals surface area contributed by atoms with Crippen LogP contribution in [0.2, 0.25) is 5.02 Å². The van der Waals surface area contributed by atoms with Crippen molar-refractivity contribution < 1.29 is 14.5 Å². The predicted octanol–water partition coefficient (Wildman–Crippen LogP) is 4.20. The Hall–Kier alpha value is -2.60. The van der Waals surface area contributed by atoms with E-state index in [0.29, 0.717) is 0 Å². The number of halogens is 1. The van der Waals surface area contributed by atoms with Crippen molar-refractivity contribution in [2.24, 2.45) is 0 Å². The number of carbonyl (C=O) groups excluding carboxylic acids is 1. The van der Waals surface area contributed by atoms with Crippen molar-refractivity contribution in [1.29, 1.82) is 0 Å². The van der Waals surface area contributed by atoms with Crippen LogP contribution < -0.4 is 10.1 Å². The second-order valence-corrected chi connectivity index (χ2v) is 6.01. The lowest BCUT2D eigenvalue weighted by molar-refractivity contribution is -0.384. The van der Waals surface area contributed by atoms with Crippen LogP contribution in [0, 0.1) is 17.0 Å². The van der Waals surface area contributed by atoms with Crippen molar-refractivity contribution in [1.82, 2.24) is 5.32 Å². The minimum atomic E-state index is -0.546. The minimum absolute atomic E-state index is 0.0903. The molecule has 6 nitrogen and oxygen atoms in total. The monoisotopic (exact) mass is 362 g/mol. The summed E-state index contributed by atoms with van der Waals surface area (Å²) in [4.78, 5) is 22.3. The van der Waals surface area contributed by atoms with Crippen LogP contribution in [0.4, 0.5) is 5.69 Å². The number of nitro benzene ring substituents is 1. The van der Waals surface area contributed by atoms with Gasteiger partial charge in [-0.1, -0.05) is 48.4 Å². The maximum atomic E-state index is 12.1. The zero-order valence-electron chi connectivity index (χ0n) is 14.0. The molecule has 0 spiro atoms. The van der Waals surface area contributed by atoms with Crippen molar-refractivity contribution >= 4 is 23.2 Å². The van der Waals surface area contributed by atoms with Gasteiger partial charge in [0.05, 0.1) is 16.0 Å². The zero-order chi connectivity index (χ0) is 18.4. The van der Waals surface area contributed by atoms with Crippen LogP contribution in [-0.4, -0.2) is 17.4 Å². The molecule has 132 valence electrons. The van der Waals surface area contributed by atoms with E-state index in [-0.39, 0.29) is 35.0 Å². The highest BCUT2D eigenvalue weighted by Gasteiger charge is 2.15. The molecule has 0 aliphatic rings. The Morgan fingerprint density at radius 2 is 1.96 bits per heavy atom. The van der Waals surface area contributed by atoms with Gasteiger partial charge in [-0.25, -0.2) is 0 Å². The highest BCUT2D eigenvalue weighted by molar-refractivity contribution is 6.32. The predicted molar refractivity (Wildman–Crippen MR) is 96.0 cm³/mol. The first kappa shape index (κ1) is 18.7. The van der Waals surface area contributed by atoms with Crippen LogP contribution in [0.1, 0.15) is 30.5 Å². The van der Waals surface area contributed by atoms with Crippen molar-refractivity contribution in [3.63, 3.8) is 0 Å². The second-order valence-electron chi connectivity index (χ2n) is 5.60. The number of rotatable bonds is 7. The molecule has 2 aromatic rings. The third kappa shape index (κ3) is 5.19. The molecule has 1 N–H and O–H groups in total. The molecule has 0 saturated heterocycles. The fraction of sp³-hybridized carbons (Fsp3) is 0.278. The molecule has 0 aliphatic carbocycles. The largest absolute Gasteiger partial charge is 0.482 e. The Balaban J connectivity index is 1.95. The van der Waals surface area contributed by atoms with Gasteiger partial charge in [0, 0.05) is 12.1 Å². The highest BCUT2D eigenvalue weighted by Crippen LogP contribution is 2.28. The lowest BCUT2D eigenvalue weighted by atomic mass is 10.0. The number of amides is 1. The fourth-order valence-electron chi connectivity index (χ4n) is 2.32. The van der Waals surface area contributed by atoms with Gasteiger partial charge in [-0.2, -0.15) is 0 Å². The normalized spacial score (nSPS) is 11.6. The number of nitrogens with zero attached hydrogens (tertiary/aromatic N) is 1. The van der Waals surface area contributed by atoms with E-state index in [2.05, 4.69) is 5.32 Å². The summed E-state index contributed by atoms with van der Waals surface area (Å²) in [6, 6.07) is 11.7. The van der Waals surface area contributed by atoms with Gasteiger partial charge in [0.15, 0.2) is 6.61 Å². The van der Waals surface area contributed by atoms with Gasteiger partial charge >= 0.3 is 0 Å². The molecule has 0 heterocycles. The van der Waals surface area contributed by atoms with Crippen molar-refractivity contribution in [3.8, 4) is 5.75 Å². The van der Waals surface area contributed by atoms with Crippen molar-refractivity contribution in [2.45, 2.75) is 26.3 Å². The molecule has 0 fully saturated rings. The van der Waals surface area contributed by atoms with Crippen LogP contribution in [0.15, 0.2) is 42.5 Å². The molecular weight excluding hydrogens is 344 g/mol. The van der Waals surface area contributed by atoms with Crippen molar-refractivity contribution in [2.75, 3.05) is 6.61 Å². The van der Waals surface area contributed by atoms with E-state index < -0.39 is 4.92 Å². The summed E-state index contributed by atoms with van der Waals surface area (Å²) in [7, 11) is 0. The summed E-state index contributed by atoms with van der Waals surface area (Å²) < 4.78 is 5.37. The third-order valence-electron chi connectivity index (χ3n) is 3.71. The Bertz CT molecular complexity index is 762. The second kappa shape index (κ2) is 8.48. The molecule has 2 aromatic carbocycles. The number of ether oxygens (including phenoxy) is 1. The Morgan fingerprint density at radius 3 is 2.52 bits per heavy atom. The number of non-ortho nitro benzene ring substituents is 1. The van der Waals surface area contributed by atoms with Crippen LogP contribution in [0.5, 0.6) is 5.75 Å². The molecule has 0 saturated carbocycles. The van der Waals surface area contributed by atoms with Crippen LogP contribution in [-0.2, 0) is 4.79 Å². The van der Waals surface area contributed by atoms with Gasteiger partial charge in [-0.05, 0) is 25.0 Å². The highest BCUT2D eigenvalue weighted by atomic mass is 35.5. The lowest BCUT2D eigenvalue weighted by Crippen LogP contribution is -2.32. The zero-order valence-corrected chi connectivity index (χ0v) is 14.7. The van der Waals surface area contributed by atoms with Crippen LogP contribution >= 0.6 is 11.6 Å². The van der Waals surface area contributed by atoms with E-state index in [9.17, 15) is 14.9 Å². The number of benzene rings is 2. The molecule has 0 unspecified atom stereocenters. The Kier molecular flexibility index (Phi) is 6.36.